The molecule has 2 rings (SSSR count). The highest BCUT2D eigenvalue weighted by Crippen LogP contribution is 2.64. The monoisotopic (exact) mass is 704 g/mol. The van der Waals surface area contributed by atoms with Crippen LogP contribution in [0.3, 0.4) is 0 Å². The number of ether oxygens (including phenoxy) is 2. The molecule has 1 unspecified atom stereocenters. The minimum atomic E-state index is -8.73. The van der Waals surface area contributed by atoms with Crippen LogP contribution >= 0.6 is 0 Å². The van der Waals surface area contributed by atoms with Crippen molar-refractivity contribution in [2.75, 3.05) is 13.2 Å². The zero-order valence-electron chi connectivity index (χ0n) is 21.2. The second-order valence-electron chi connectivity index (χ2n) is 9.34. The van der Waals surface area contributed by atoms with E-state index in [1.807, 2.05) is 0 Å². The van der Waals surface area contributed by atoms with Gasteiger partial charge in [-0.25, -0.2) is 4.79 Å². The van der Waals surface area contributed by atoms with E-state index in [0.29, 0.717) is 10.6 Å². The second kappa shape index (κ2) is 11.8. The minimum Gasteiger partial charge on any atom is -0.394 e. The molecule has 1 saturated heterocycles. The van der Waals surface area contributed by atoms with Gasteiger partial charge < -0.3 is 19.7 Å². The third-order valence-corrected chi connectivity index (χ3v) is 6.35. The van der Waals surface area contributed by atoms with Gasteiger partial charge in [-0.05, 0) is 6.42 Å². The molecule has 0 bridgehead atoms. The van der Waals surface area contributed by atoms with Gasteiger partial charge in [0, 0.05) is 25.3 Å². The highest BCUT2D eigenvalue weighted by molar-refractivity contribution is 5.15. The molecular formula is C20H17F17N2O6. The third kappa shape index (κ3) is 5.99. The average Bonchev–Trinajstić information content (AvgIpc) is 3.19. The van der Waals surface area contributed by atoms with Crippen molar-refractivity contribution in [3.05, 3.63) is 33.1 Å². The van der Waals surface area contributed by atoms with E-state index in [1.54, 1.807) is 4.98 Å². The molecule has 1 aliphatic rings. The van der Waals surface area contributed by atoms with E-state index in [1.165, 1.54) is 0 Å². The topological polar surface area (TPSA) is 114 Å². The number of halogens is 17. The largest absolute Gasteiger partial charge is 0.460 e. The van der Waals surface area contributed by atoms with Crippen LogP contribution in [0.15, 0.2) is 21.9 Å². The van der Waals surface area contributed by atoms with Crippen LogP contribution < -0.4 is 11.2 Å². The highest BCUT2D eigenvalue weighted by atomic mass is 19.4. The predicted molar refractivity (Wildman–Crippen MR) is 108 cm³/mol. The van der Waals surface area contributed by atoms with E-state index in [-0.39, 0.29) is 0 Å². The Balaban J connectivity index is 2.29. The van der Waals surface area contributed by atoms with E-state index in [0.717, 1.165) is 6.20 Å². The van der Waals surface area contributed by atoms with Gasteiger partial charge in [0.05, 0.1) is 6.61 Å². The van der Waals surface area contributed by atoms with E-state index >= 15 is 0 Å². The van der Waals surface area contributed by atoms with Gasteiger partial charge in [-0.2, -0.15) is 74.6 Å². The first-order chi connectivity index (χ1) is 20.0. The summed E-state index contributed by atoms with van der Waals surface area (Å²) in [7, 11) is 0. The summed E-state index contributed by atoms with van der Waals surface area (Å²) in [6, 6.07) is 0.711. The number of hydrogen-bond acceptors (Lipinski definition) is 6. The molecule has 45 heavy (non-hydrogen) atoms. The molecule has 0 radical (unpaired) electrons. The summed E-state index contributed by atoms with van der Waals surface area (Å²) in [6.45, 7) is -2.40. The fourth-order valence-electron chi connectivity index (χ4n) is 3.77. The summed E-state index contributed by atoms with van der Waals surface area (Å²) in [5, 5.41) is 19.4. The number of nitrogens with one attached hydrogen (secondary N) is 1. The standard InChI is InChI=1S/C20H17F17N2O6/c21-13(22,3-1-5-44-10-9(42)7(6-40)45-11(10)39-4-2-8(41)38-12(39)43)14(23,24)15(25,26)16(27,28)17(29,30)18(31,32)19(33,34)20(35,36)37/h2,4,7,9-11,40,42H,1,3,5-6H2,(H,38,41,43)/t7-,9?,10+,11-/m1/s1. The summed E-state index contributed by atoms with van der Waals surface area (Å²) in [6.07, 6.45) is -18.9. The SMILES string of the molecule is O=c1ccn([C@@H]2O[C@H](CO)C(O)[C@@H]2OCCCC(F)(F)C(F)(F)C(F)(F)C(F)(F)C(F)(F)C(F)(F)C(F)(F)C(F)(F)F)c(=O)[nH]1. The number of aliphatic hydroxyl groups is 2. The summed E-state index contributed by atoms with van der Waals surface area (Å²) >= 11 is 0. The Hall–Kier alpha value is -2.67. The lowest BCUT2D eigenvalue weighted by Crippen LogP contribution is -2.74. The fourth-order valence-corrected chi connectivity index (χ4v) is 3.77. The molecule has 3 N–H and O–H groups in total. The predicted octanol–water partition coefficient (Wildman–Crippen LogP) is 3.96. The van der Waals surface area contributed by atoms with Crippen LogP contribution in [0.25, 0.3) is 0 Å². The van der Waals surface area contributed by atoms with Gasteiger partial charge in [0.25, 0.3) is 5.56 Å². The summed E-state index contributed by atoms with van der Waals surface area (Å²) in [4.78, 5) is 24.9. The van der Waals surface area contributed by atoms with Gasteiger partial charge >= 0.3 is 53.3 Å². The van der Waals surface area contributed by atoms with Crippen molar-refractivity contribution in [3.8, 4) is 0 Å². The molecule has 1 fully saturated rings. The molecule has 1 aromatic heterocycles. The van der Waals surface area contributed by atoms with E-state index < -0.39 is 109 Å². The Morgan fingerprint density at radius 1 is 0.778 bits per heavy atom. The minimum absolute atomic E-state index is 0.495. The fraction of sp³-hybridized carbons (Fsp3) is 0.800. The van der Waals surface area contributed by atoms with Gasteiger partial charge in [0.15, 0.2) is 6.23 Å². The number of hydrogen-bond donors (Lipinski definition) is 3. The summed E-state index contributed by atoms with van der Waals surface area (Å²) in [5.41, 5.74) is -2.22. The molecule has 0 saturated carbocycles. The van der Waals surface area contributed by atoms with Crippen LogP contribution in [0, 0.1) is 0 Å². The van der Waals surface area contributed by atoms with Crippen molar-refractivity contribution in [3.63, 3.8) is 0 Å². The Bertz CT molecular complexity index is 1310. The van der Waals surface area contributed by atoms with Crippen LogP contribution in [0.5, 0.6) is 0 Å². The smallest absolute Gasteiger partial charge is 0.394 e. The number of rotatable bonds is 13. The number of nitrogens with zero attached hydrogens (tertiary/aromatic N) is 1. The summed E-state index contributed by atoms with van der Waals surface area (Å²) < 4.78 is 238. The quantitative estimate of drug-likeness (QED) is 0.212. The Kier molecular flexibility index (Phi) is 10.1. The van der Waals surface area contributed by atoms with Crippen LogP contribution in [-0.2, 0) is 9.47 Å². The Morgan fingerprint density at radius 2 is 1.24 bits per heavy atom. The summed E-state index contributed by atoms with van der Waals surface area (Å²) in [5.74, 6) is -57.2. The second-order valence-corrected chi connectivity index (χ2v) is 9.34. The lowest BCUT2D eigenvalue weighted by Gasteiger charge is -2.42. The van der Waals surface area contributed by atoms with Crippen molar-refractivity contribution >= 4 is 0 Å². The molecule has 4 atom stereocenters. The van der Waals surface area contributed by atoms with Crippen molar-refractivity contribution < 1.29 is 94.3 Å². The molecule has 262 valence electrons. The van der Waals surface area contributed by atoms with Crippen molar-refractivity contribution in [2.24, 2.45) is 0 Å². The third-order valence-electron chi connectivity index (χ3n) is 6.35. The van der Waals surface area contributed by atoms with Crippen LogP contribution in [0.1, 0.15) is 19.1 Å². The van der Waals surface area contributed by atoms with E-state index in [9.17, 15) is 94.4 Å². The molecule has 0 amide bonds. The highest BCUT2D eigenvalue weighted by Gasteiger charge is 2.95. The average molecular weight is 704 g/mol. The molecule has 2 heterocycles. The maximum atomic E-state index is 14.1. The zero-order chi connectivity index (χ0) is 35.4. The molecule has 8 nitrogen and oxygen atoms in total. The maximum absolute atomic E-state index is 14.1. The number of H-pyrrole nitrogens is 1. The molecule has 0 spiro atoms. The molecule has 1 aromatic rings. The molecular weight excluding hydrogens is 687 g/mol. The first kappa shape index (κ1) is 38.5. The van der Waals surface area contributed by atoms with Crippen LogP contribution in [0.4, 0.5) is 74.6 Å². The normalized spacial score (nSPS) is 23.1. The number of aromatic amines is 1. The molecule has 0 aromatic carbocycles. The molecule has 1 aliphatic heterocycles. The lowest BCUT2D eigenvalue weighted by molar-refractivity contribution is -0.461. The number of aromatic nitrogens is 2. The van der Waals surface area contributed by atoms with Crippen molar-refractivity contribution in [1.29, 1.82) is 0 Å². The van der Waals surface area contributed by atoms with Crippen molar-refractivity contribution in [1.82, 2.24) is 9.55 Å². The van der Waals surface area contributed by atoms with Gasteiger partial charge in [-0.15, -0.1) is 0 Å². The van der Waals surface area contributed by atoms with E-state index in [2.05, 4.69) is 0 Å². The first-order valence-corrected chi connectivity index (χ1v) is 11.6. The first-order valence-electron chi connectivity index (χ1n) is 11.6. The van der Waals surface area contributed by atoms with Crippen LogP contribution in [-0.4, -0.2) is 98.9 Å². The Morgan fingerprint density at radius 3 is 1.69 bits per heavy atom. The zero-order valence-corrected chi connectivity index (χ0v) is 21.2. The van der Waals surface area contributed by atoms with Gasteiger partial charge in [0.2, 0.25) is 0 Å². The number of aliphatic hydroxyl groups excluding tert-OH is 2. The molecule has 0 aliphatic carbocycles. The van der Waals surface area contributed by atoms with E-state index in [4.69, 9.17) is 9.47 Å². The number of alkyl halides is 17. The Labute approximate surface area is 236 Å². The van der Waals surface area contributed by atoms with Gasteiger partial charge in [0.1, 0.15) is 18.3 Å². The van der Waals surface area contributed by atoms with Crippen LogP contribution in [0.2, 0.25) is 0 Å². The van der Waals surface area contributed by atoms with Gasteiger partial charge in [-0.3, -0.25) is 14.3 Å². The van der Waals surface area contributed by atoms with Crippen molar-refractivity contribution in [2.45, 2.75) is 85.0 Å². The lowest BCUT2D eigenvalue weighted by atomic mass is 9.88. The van der Waals surface area contributed by atoms with Gasteiger partial charge in [-0.1, -0.05) is 0 Å². The maximum Gasteiger partial charge on any atom is 0.460 e. The molecule has 25 heteroatoms.